The number of amides is 2. The molecule has 2 heterocycles. The molecule has 1 aliphatic heterocycles. The zero-order valence-electron chi connectivity index (χ0n) is 16.4. The molecule has 1 aliphatic carbocycles. The summed E-state index contributed by atoms with van der Waals surface area (Å²) in [5.74, 6) is 0.621. The summed E-state index contributed by atoms with van der Waals surface area (Å²) in [6.07, 6.45) is 5.28. The van der Waals surface area contributed by atoms with Crippen molar-refractivity contribution in [2.45, 2.75) is 39.0 Å². The van der Waals surface area contributed by atoms with Gasteiger partial charge in [0.25, 0.3) is 5.91 Å². The Hall–Kier alpha value is -2.30. The van der Waals surface area contributed by atoms with Gasteiger partial charge in [0.15, 0.2) is 0 Å². The van der Waals surface area contributed by atoms with E-state index < -0.39 is 0 Å². The van der Waals surface area contributed by atoms with Gasteiger partial charge in [-0.2, -0.15) is 0 Å². The topological polar surface area (TPSA) is 45.6 Å². The number of para-hydroxylation sites is 1. The van der Waals surface area contributed by atoms with E-state index in [9.17, 15) is 9.59 Å². The number of carbonyl (C=O) groups excluding carboxylic acids is 2. The summed E-state index contributed by atoms with van der Waals surface area (Å²) in [6, 6.07) is 8.09. The number of nitrogens with zero attached hydrogens (tertiary/aromatic N) is 3. The summed E-state index contributed by atoms with van der Waals surface area (Å²) in [5.41, 5.74) is 2.90. The van der Waals surface area contributed by atoms with Crippen molar-refractivity contribution in [3.8, 4) is 0 Å². The first-order valence-electron chi connectivity index (χ1n) is 10.2. The van der Waals surface area contributed by atoms with Crippen molar-refractivity contribution >= 4 is 22.7 Å². The highest BCUT2D eigenvalue weighted by molar-refractivity contribution is 6.08. The third-order valence-electron chi connectivity index (χ3n) is 6.41. The fraction of sp³-hybridized carbons (Fsp3) is 0.545. The van der Waals surface area contributed by atoms with Crippen molar-refractivity contribution < 1.29 is 9.59 Å². The van der Waals surface area contributed by atoms with Gasteiger partial charge in [-0.25, -0.2) is 0 Å². The van der Waals surface area contributed by atoms with Crippen LogP contribution in [0.2, 0.25) is 0 Å². The Bertz CT molecular complexity index is 864. The lowest BCUT2D eigenvalue weighted by Crippen LogP contribution is -2.39. The van der Waals surface area contributed by atoms with Crippen LogP contribution in [0.3, 0.4) is 0 Å². The van der Waals surface area contributed by atoms with Crippen molar-refractivity contribution in [1.82, 2.24) is 14.4 Å². The molecule has 1 aromatic carbocycles. The Morgan fingerprint density at radius 1 is 0.926 bits per heavy atom. The Morgan fingerprint density at radius 2 is 1.59 bits per heavy atom. The molecule has 5 heteroatoms. The van der Waals surface area contributed by atoms with Gasteiger partial charge in [-0.05, 0) is 32.3 Å². The quantitative estimate of drug-likeness (QED) is 0.817. The van der Waals surface area contributed by atoms with Crippen LogP contribution in [0.1, 0.15) is 48.2 Å². The molecule has 2 amide bonds. The first kappa shape index (κ1) is 18.1. The van der Waals surface area contributed by atoms with Crippen LogP contribution in [0, 0.1) is 12.8 Å². The van der Waals surface area contributed by atoms with Gasteiger partial charge >= 0.3 is 0 Å². The average Bonchev–Trinajstić information content (AvgIpc) is 3.21. The van der Waals surface area contributed by atoms with E-state index in [0.717, 1.165) is 54.5 Å². The molecule has 0 unspecified atom stereocenters. The molecule has 144 valence electrons. The number of fused-ring (bicyclic) bond motifs is 1. The van der Waals surface area contributed by atoms with Crippen LogP contribution in [0.15, 0.2) is 24.3 Å². The largest absolute Gasteiger partial charge is 0.347 e. The second kappa shape index (κ2) is 7.37. The Labute approximate surface area is 160 Å². The van der Waals surface area contributed by atoms with Gasteiger partial charge in [-0.15, -0.1) is 0 Å². The monoisotopic (exact) mass is 367 g/mol. The van der Waals surface area contributed by atoms with Crippen LogP contribution < -0.4 is 0 Å². The van der Waals surface area contributed by atoms with Crippen LogP contribution >= 0.6 is 0 Å². The Balaban J connectivity index is 1.52. The molecule has 0 N–H and O–H groups in total. The van der Waals surface area contributed by atoms with Crippen molar-refractivity contribution in [3.63, 3.8) is 0 Å². The van der Waals surface area contributed by atoms with Gasteiger partial charge in [-0.1, -0.05) is 31.0 Å². The van der Waals surface area contributed by atoms with Crippen LogP contribution in [0.5, 0.6) is 0 Å². The lowest BCUT2D eigenvalue weighted by Gasteiger charge is -2.24. The molecule has 2 fully saturated rings. The number of aryl methyl sites for hydroxylation is 1. The first-order valence-corrected chi connectivity index (χ1v) is 10.2. The minimum atomic E-state index is 0.0967. The highest BCUT2D eigenvalue weighted by atomic mass is 16.2. The summed E-state index contributed by atoms with van der Waals surface area (Å²) < 4.78 is 2.09. The first-order chi connectivity index (χ1) is 13.1. The van der Waals surface area contributed by atoms with Crippen molar-refractivity contribution in [1.29, 1.82) is 0 Å². The number of benzene rings is 1. The van der Waals surface area contributed by atoms with Crippen LogP contribution in [-0.2, 0) is 11.8 Å². The van der Waals surface area contributed by atoms with Gasteiger partial charge in [-0.3, -0.25) is 9.59 Å². The summed E-state index contributed by atoms with van der Waals surface area (Å²) in [4.78, 5) is 30.0. The maximum Gasteiger partial charge on any atom is 0.256 e. The normalized spacial score (nSPS) is 18.9. The zero-order valence-corrected chi connectivity index (χ0v) is 16.4. The van der Waals surface area contributed by atoms with E-state index in [1.54, 1.807) is 0 Å². The van der Waals surface area contributed by atoms with E-state index in [1.807, 2.05) is 42.0 Å². The number of aromatic nitrogens is 1. The minimum Gasteiger partial charge on any atom is -0.347 e. The van der Waals surface area contributed by atoms with E-state index in [2.05, 4.69) is 10.6 Å². The third-order valence-corrected chi connectivity index (χ3v) is 6.41. The molecular formula is C22H29N3O2. The second-order valence-corrected chi connectivity index (χ2v) is 7.99. The molecule has 1 aromatic heterocycles. The minimum absolute atomic E-state index is 0.0967. The van der Waals surface area contributed by atoms with Gasteiger partial charge in [0.1, 0.15) is 0 Å². The Morgan fingerprint density at radius 3 is 2.37 bits per heavy atom. The number of hydrogen-bond donors (Lipinski definition) is 0. The predicted molar refractivity (Wildman–Crippen MR) is 107 cm³/mol. The molecule has 4 rings (SSSR count). The molecule has 1 saturated carbocycles. The lowest BCUT2D eigenvalue weighted by molar-refractivity contribution is -0.135. The number of hydrogen-bond acceptors (Lipinski definition) is 2. The molecule has 5 nitrogen and oxygen atoms in total. The van der Waals surface area contributed by atoms with Crippen molar-refractivity contribution in [2.24, 2.45) is 13.0 Å². The van der Waals surface area contributed by atoms with Crippen molar-refractivity contribution in [3.05, 3.63) is 35.5 Å². The van der Waals surface area contributed by atoms with Crippen molar-refractivity contribution in [2.75, 3.05) is 26.2 Å². The van der Waals surface area contributed by atoms with Crippen LogP contribution in [0.25, 0.3) is 10.9 Å². The van der Waals surface area contributed by atoms with Gasteiger partial charge < -0.3 is 14.4 Å². The SMILES string of the molecule is Cc1c(C(=O)N2CCCN(C(=O)C3CCCC3)CC2)c2ccccc2n1C. The molecule has 2 aliphatic rings. The molecule has 1 saturated heterocycles. The van der Waals surface area contributed by atoms with Gasteiger partial charge in [0, 0.05) is 55.7 Å². The highest BCUT2D eigenvalue weighted by Gasteiger charge is 2.30. The van der Waals surface area contributed by atoms with Gasteiger partial charge in [0.05, 0.1) is 5.56 Å². The highest BCUT2D eigenvalue weighted by Crippen LogP contribution is 2.28. The molecular weight excluding hydrogens is 338 g/mol. The molecule has 0 atom stereocenters. The zero-order chi connectivity index (χ0) is 19.0. The smallest absolute Gasteiger partial charge is 0.256 e. The van der Waals surface area contributed by atoms with E-state index in [-0.39, 0.29) is 11.8 Å². The fourth-order valence-corrected chi connectivity index (χ4v) is 4.72. The van der Waals surface area contributed by atoms with Gasteiger partial charge in [0.2, 0.25) is 5.91 Å². The molecule has 27 heavy (non-hydrogen) atoms. The maximum absolute atomic E-state index is 13.3. The number of carbonyl (C=O) groups is 2. The van der Waals surface area contributed by atoms with Crippen LogP contribution in [-0.4, -0.2) is 52.4 Å². The predicted octanol–water partition coefficient (Wildman–Crippen LogP) is 3.35. The van der Waals surface area contributed by atoms with E-state index in [0.29, 0.717) is 19.0 Å². The van der Waals surface area contributed by atoms with Crippen LogP contribution in [0.4, 0.5) is 0 Å². The average molecular weight is 367 g/mol. The molecule has 2 aromatic rings. The third kappa shape index (κ3) is 3.24. The number of rotatable bonds is 2. The standard InChI is InChI=1S/C22H29N3O2/c1-16-20(18-10-5-6-11-19(18)23(16)2)22(27)25-13-7-12-24(14-15-25)21(26)17-8-3-4-9-17/h5-6,10-11,17H,3-4,7-9,12-15H2,1-2H3. The maximum atomic E-state index is 13.3. The summed E-state index contributed by atoms with van der Waals surface area (Å²) in [7, 11) is 2.01. The lowest BCUT2D eigenvalue weighted by atomic mass is 10.1. The molecule has 0 radical (unpaired) electrons. The Kier molecular flexibility index (Phi) is 4.94. The molecule has 0 spiro atoms. The van der Waals surface area contributed by atoms with E-state index >= 15 is 0 Å². The summed E-state index contributed by atoms with van der Waals surface area (Å²) in [6.45, 7) is 4.79. The molecule has 0 bridgehead atoms. The van der Waals surface area contributed by atoms with E-state index in [4.69, 9.17) is 0 Å². The second-order valence-electron chi connectivity index (χ2n) is 7.99. The fourth-order valence-electron chi connectivity index (χ4n) is 4.72. The summed E-state index contributed by atoms with van der Waals surface area (Å²) in [5, 5.41) is 1.02. The van der Waals surface area contributed by atoms with E-state index in [1.165, 1.54) is 12.8 Å². The summed E-state index contributed by atoms with van der Waals surface area (Å²) >= 11 is 0.